The predicted octanol–water partition coefficient (Wildman–Crippen LogP) is 3.07. The topological polar surface area (TPSA) is 54.6 Å². The van der Waals surface area contributed by atoms with Gasteiger partial charge in [-0.2, -0.15) is 0 Å². The predicted molar refractivity (Wildman–Crippen MR) is 87.5 cm³/mol. The van der Waals surface area contributed by atoms with Crippen molar-refractivity contribution in [3.8, 4) is 11.3 Å². The van der Waals surface area contributed by atoms with E-state index in [0.29, 0.717) is 32.2 Å². The molecule has 0 saturated carbocycles. The van der Waals surface area contributed by atoms with Crippen molar-refractivity contribution in [1.29, 1.82) is 0 Å². The van der Waals surface area contributed by atoms with E-state index in [1.165, 1.54) is 0 Å². The molecule has 2 rings (SSSR count). The van der Waals surface area contributed by atoms with Crippen LogP contribution in [0.1, 0.15) is 19.6 Å². The van der Waals surface area contributed by atoms with Crippen molar-refractivity contribution in [2.24, 2.45) is 5.92 Å². The quantitative estimate of drug-likeness (QED) is 0.747. The standard InChI is InChI=1S/C18H25NO3/c1-14(2)12-21-13-16(20)10-19-11-17-8-9-18(22-17)15-6-4-3-5-7-15/h3-9,14,16,19-20H,10-13H2,1-2H3. The molecule has 22 heavy (non-hydrogen) atoms. The molecular weight excluding hydrogens is 278 g/mol. The van der Waals surface area contributed by atoms with Crippen molar-refractivity contribution in [2.45, 2.75) is 26.5 Å². The van der Waals surface area contributed by atoms with Gasteiger partial charge in [-0.25, -0.2) is 0 Å². The van der Waals surface area contributed by atoms with Crippen LogP contribution < -0.4 is 5.32 Å². The molecule has 1 heterocycles. The Bertz CT molecular complexity index is 536. The van der Waals surface area contributed by atoms with Crippen molar-refractivity contribution in [3.05, 3.63) is 48.2 Å². The fourth-order valence-corrected chi connectivity index (χ4v) is 2.09. The lowest BCUT2D eigenvalue weighted by atomic mass is 10.2. The SMILES string of the molecule is CC(C)COCC(O)CNCc1ccc(-c2ccccc2)o1. The number of hydrogen-bond acceptors (Lipinski definition) is 4. The lowest BCUT2D eigenvalue weighted by Crippen LogP contribution is -2.30. The molecular formula is C18H25NO3. The summed E-state index contributed by atoms with van der Waals surface area (Å²) in [4.78, 5) is 0. The molecule has 2 N–H and O–H groups in total. The first-order valence-corrected chi connectivity index (χ1v) is 7.76. The van der Waals surface area contributed by atoms with Crippen LogP contribution in [0.3, 0.4) is 0 Å². The molecule has 0 aliphatic rings. The molecule has 1 atom stereocenters. The molecule has 0 aliphatic heterocycles. The summed E-state index contributed by atoms with van der Waals surface area (Å²) < 4.78 is 11.2. The minimum Gasteiger partial charge on any atom is -0.460 e. The number of aliphatic hydroxyl groups is 1. The van der Waals surface area contributed by atoms with Gasteiger partial charge in [-0.05, 0) is 18.1 Å². The van der Waals surface area contributed by atoms with Crippen LogP contribution in [0.4, 0.5) is 0 Å². The first-order chi connectivity index (χ1) is 10.6. The van der Waals surface area contributed by atoms with Crippen molar-refractivity contribution in [1.82, 2.24) is 5.32 Å². The summed E-state index contributed by atoms with van der Waals surface area (Å²) in [7, 11) is 0. The summed E-state index contributed by atoms with van der Waals surface area (Å²) in [5, 5.41) is 13.0. The number of nitrogens with one attached hydrogen (secondary N) is 1. The van der Waals surface area contributed by atoms with E-state index in [1.807, 2.05) is 42.5 Å². The lowest BCUT2D eigenvalue weighted by Gasteiger charge is -2.13. The fourth-order valence-electron chi connectivity index (χ4n) is 2.09. The molecule has 1 aromatic heterocycles. The Kier molecular flexibility index (Phi) is 6.65. The van der Waals surface area contributed by atoms with Crippen LogP contribution in [0.15, 0.2) is 46.9 Å². The van der Waals surface area contributed by atoms with Gasteiger partial charge in [0.1, 0.15) is 11.5 Å². The van der Waals surface area contributed by atoms with Gasteiger partial charge in [0.05, 0.1) is 19.3 Å². The normalized spacial score (nSPS) is 12.7. The second-order valence-corrected chi connectivity index (χ2v) is 5.85. The van der Waals surface area contributed by atoms with Gasteiger partial charge in [0, 0.05) is 18.7 Å². The number of aliphatic hydroxyl groups excluding tert-OH is 1. The average Bonchev–Trinajstić information content (AvgIpc) is 2.97. The molecule has 4 nitrogen and oxygen atoms in total. The van der Waals surface area contributed by atoms with Crippen molar-refractivity contribution < 1.29 is 14.3 Å². The van der Waals surface area contributed by atoms with Gasteiger partial charge < -0.3 is 19.6 Å². The molecule has 0 amide bonds. The van der Waals surface area contributed by atoms with E-state index in [-0.39, 0.29) is 0 Å². The molecule has 0 bridgehead atoms. The van der Waals surface area contributed by atoms with E-state index in [2.05, 4.69) is 19.2 Å². The molecule has 0 radical (unpaired) electrons. The number of hydrogen-bond donors (Lipinski definition) is 2. The van der Waals surface area contributed by atoms with E-state index in [4.69, 9.17) is 9.15 Å². The highest BCUT2D eigenvalue weighted by atomic mass is 16.5. The third kappa shape index (κ3) is 5.64. The highest BCUT2D eigenvalue weighted by Gasteiger charge is 2.07. The molecule has 1 unspecified atom stereocenters. The highest BCUT2D eigenvalue weighted by Crippen LogP contribution is 2.21. The third-order valence-electron chi connectivity index (χ3n) is 3.16. The molecule has 0 aliphatic carbocycles. The van der Waals surface area contributed by atoms with Gasteiger partial charge in [0.2, 0.25) is 0 Å². The summed E-state index contributed by atoms with van der Waals surface area (Å²) >= 11 is 0. The monoisotopic (exact) mass is 303 g/mol. The first-order valence-electron chi connectivity index (χ1n) is 7.76. The summed E-state index contributed by atoms with van der Waals surface area (Å²) in [5.41, 5.74) is 1.07. The Morgan fingerprint density at radius 1 is 1.09 bits per heavy atom. The summed E-state index contributed by atoms with van der Waals surface area (Å²) in [6.07, 6.45) is -0.498. The summed E-state index contributed by atoms with van der Waals surface area (Å²) in [6.45, 7) is 6.29. The molecule has 0 spiro atoms. The number of furan rings is 1. The minimum absolute atomic E-state index is 0.360. The van der Waals surface area contributed by atoms with Crippen LogP contribution >= 0.6 is 0 Å². The van der Waals surface area contributed by atoms with Crippen molar-refractivity contribution in [2.75, 3.05) is 19.8 Å². The van der Waals surface area contributed by atoms with Crippen molar-refractivity contribution in [3.63, 3.8) is 0 Å². The van der Waals surface area contributed by atoms with Gasteiger partial charge in [0.15, 0.2) is 0 Å². The van der Waals surface area contributed by atoms with Crippen LogP contribution in [0.2, 0.25) is 0 Å². The van der Waals surface area contributed by atoms with Crippen LogP contribution in [0, 0.1) is 5.92 Å². The van der Waals surface area contributed by atoms with Crippen LogP contribution in [0.25, 0.3) is 11.3 Å². The Labute approximate surface area is 132 Å². The second kappa shape index (κ2) is 8.73. The lowest BCUT2D eigenvalue weighted by molar-refractivity contribution is 0.0259. The minimum atomic E-state index is -0.498. The zero-order chi connectivity index (χ0) is 15.8. The van der Waals surface area contributed by atoms with Gasteiger partial charge in [-0.1, -0.05) is 44.2 Å². The zero-order valence-electron chi connectivity index (χ0n) is 13.3. The van der Waals surface area contributed by atoms with E-state index < -0.39 is 6.10 Å². The molecule has 0 saturated heterocycles. The summed E-state index contributed by atoms with van der Waals surface area (Å²) in [5.74, 6) is 2.20. The van der Waals surface area contributed by atoms with E-state index in [1.54, 1.807) is 0 Å². The third-order valence-corrected chi connectivity index (χ3v) is 3.16. The van der Waals surface area contributed by atoms with Gasteiger partial charge in [-0.3, -0.25) is 0 Å². The van der Waals surface area contributed by atoms with Crippen LogP contribution in [-0.2, 0) is 11.3 Å². The van der Waals surface area contributed by atoms with Crippen LogP contribution in [-0.4, -0.2) is 31.0 Å². The van der Waals surface area contributed by atoms with E-state index >= 15 is 0 Å². The largest absolute Gasteiger partial charge is 0.460 e. The Balaban J connectivity index is 1.70. The second-order valence-electron chi connectivity index (χ2n) is 5.85. The fraction of sp³-hybridized carbons (Fsp3) is 0.444. The number of rotatable bonds is 9. The molecule has 0 fully saturated rings. The van der Waals surface area contributed by atoms with Gasteiger partial charge in [-0.15, -0.1) is 0 Å². The molecule has 4 heteroatoms. The first kappa shape index (κ1) is 16.7. The maximum atomic E-state index is 9.81. The Morgan fingerprint density at radius 2 is 1.86 bits per heavy atom. The summed E-state index contributed by atoms with van der Waals surface area (Å²) in [6, 6.07) is 13.9. The zero-order valence-corrected chi connectivity index (χ0v) is 13.3. The Morgan fingerprint density at radius 3 is 2.59 bits per heavy atom. The van der Waals surface area contributed by atoms with Crippen LogP contribution in [0.5, 0.6) is 0 Å². The van der Waals surface area contributed by atoms with Gasteiger partial charge in [0.25, 0.3) is 0 Å². The van der Waals surface area contributed by atoms with E-state index in [9.17, 15) is 5.11 Å². The van der Waals surface area contributed by atoms with Gasteiger partial charge >= 0.3 is 0 Å². The maximum absolute atomic E-state index is 9.81. The van der Waals surface area contributed by atoms with Crippen molar-refractivity contribution >= 4 is 0 Å². The molecule has 2 aromatic rings. The molecule has 120 valence electrons. The van der Waals surface area contributed by atoms with E-state index in [0.717, 1.165) is 17.1 Å². The number of ether oxygens (including phenoxy) is 1. The Hall–Kier alpha value is -1.62. The molecule has 1 aromatic carbocycles. The smallest absolute Gasteiger partial charge is 0.134 e. The number of benzene rings is 1. The maximum Gasteiger partial charge on any atom is 0.134 e. The highest BCUT2D eigenvalue weighted by molar-refractivity contribution is 5.57. The average molecular weight is 303 g/mol.